The van der Waals surface area contributed by atoms with E-state index in [1.165, 1.54) is 4.90 Å². The molecule has 0 spiro atoms. The van der Waals surface area contributed by atoms with Crippen molar-refractivity contribution in [2.45, 2.75) is 20.3 Å². The van der Waals surface area contributed by atoms with Gasteiger partial charge in [0.1, 0.15) is 11.4 Å². The van der Waals surface area contributed by atoms with E-state index in [0.29, 0.717) is 22.8 Å². The van der Waals surface area contributed by atoms with Crippen LogP contribution in [0.15, 0.2) is 83.4 Å². The number of carbonyl (C=O) groups is 2. The van der Waals surface area contributed by atoms with E-state index in [9.17, 15) is 9.59 Å². The normalized spacial score (nSPS) is 10.3. The summed E-state index contributed by atoms with van der Waals surface area (Å²) in [5, 5.41) is 13.1. The van der Waals surface area contributed by atoms with E-state index in [1.807, 2.05) is 78.9 Å². The third-order valence-electron chi connectivity index (χ3n) is 5.31. The van der Waals surface area contributed by atoms with E-state index in [4.69, 9.17) is 14.4 Å². The number of anilines is 2. The van der Waals surface area contributed by atoms with Crippen LogP contribution in [0.25, 0.3) is 22.5 Å². The SMILES string of the molecule is CCOC(=O)N(c1ccccc1)c1c(C)noc1-c1ccc(-c2ccc(CC(=O)O)cc2)cc1.[NaH]. The fourth-order valence-corrected chi connectivity index (χ4v) is 3.71. The number of aliphatic carboxylic acids is 1. The summed E-state index contributed by atoms with van der Waals surface area (Å²) in [5.41, 5.74) is 5.16. The molecule has 7 nitrogen and oxygen atoms in total. The molecule has 4 aromatic rings. The zero-order valence-electron chi connectivity index (χ0n) is 18.9. The maximum absolute atomic E-state index is 12.9. The third-order valence-corrected chi connectivity index (χ3v) is 5.31. The van der Waals surface area contributed by atoms with Gasteiger partial charge >= 0.3 is 41.6 Å². The van der Waals surface area contributed by atoms with E-state index < -0.39 is 12.1 Å². The van der Waals surface area contributed by atoms with Crippen LogP contribution in [0.5, 0.6) is 0 Å². The molecule has 1 amide bonds. The molecule has 0 saturated heterocycles. The van der Waals surface area contributed by atoms with Crippen molar-refractivity contribution in [2.75, 3.05) is 11.5 Å². The molecule has 0 aliphatic heterocycles. The second-order valence-electron chi connectivity index (χ2n) is 7.66. The van der Waals surface area contributed by atoms with Crippen molar-refractivity contribution < 1.29 is 24.0 Å². The van der Waals surface area contributed by atoms with Crippen LogP contribution in [0.1, 0.15) is 18.2 Å². The molecule has 0 fully saturated rings. The molecule has 0 atom stereocenters. The van der Waals surface area contributed by atoms with Crippen molar-refractivity contribution in [1.29, 1.82) is 0 Å². The van der Waals surface area contributed by atoms with Gasteiger partial charge in [-0.3, -0.25) is 4.79 Å². The number of amides is 1. The first-order valence-corrected chi connectivity index (χ1v) is 10.9. The summed E-state index contributed by atoms with van der Waals surface area (Å²) in [7, 11) is 0. The van der Waals surface area contributed by atoms with Crippen LogP contribution >= 0.6 is 0 Å². The zero-order chi connectivity index (χ0) is 24.1. The second-order valence-corrected chi connectivity index (χ2v) is 7.66. The number of carbonyl (C=O) groups excluding carboxylic acids is 1. The zero-order valence-corrected chi connectivity index (χ0v) is 18.9. The molecule has 4 rings (SSSR count). The van der Waals surface area contributed by atoms with E-state index in [-0.39, 0.29) is 42.6 Å². The van der Waals surface area contributed by atoms with Gasteiger partial charge in [-0.25, -0.2) is 9.69 Å². The molecular formula is C27H25N2NaO5. The monoisotopic (exact) mass is 480 g/mol. The van der Waals surface area contributed by atoms with Crippen molar-refractivity contribution in [3.63, 3.8) is 0 Å². The van der Waals surface area contributed by atoms with E-state index in [2.05, 4.69) is 5.16 Å². The van der Waals surface area contributed by atoms with E-state index >= 15 is 0 Å². The Balaban J connectivity index is 0.00000342. The van der Waals surface area contributed by atoms with Gasteiger partial charge in [0.2, 0.25) is 0 Å². The molecule has 3 aromatic carbocycles. The standard InChI is InChI=1S/C27H24N2O5.Na.H/c1-3-33-27(32)29(23-7-5-4-6-8-23)25-18(2)28-34-26(25)22-15-13-21(14-16-22)20-11-9-19(10-12-20)17-24(30)31;;/h4-16H,3,17H2,1-2H3,(H,30,31);;. The number of aryl methyl sites for hydroxylation is 1. The Bertz CT molecular complexity index is 1290. The number of hydrogen-bond acceptors (Lipinski definition) is 5. The number of hydrogen-bond donors (Lipinski definition) is 1. The summed E-state index contributed by atoms with van der Waals surface area (Å²) in [6.07, 6.45) is -0.523. The second kappa shape index (κ2) is 11.8. The van der Waals surface area contributed by atoms with Gasteiger partial charge in [-0.05, 0) is 42.7 Å². The first-order chi connectivity index (χ1) is 16.5. The number of aromatic nitrogens is 1. The molecule has 0 bridgehead atoms. The number of carboxylic acid groups (broad SMARTS) is 1. The van der Waals surface area contributed by atoms with Crippen molar-refractivity contribution in [3.05, 3.63) is 90.1 Å². The van der Waals surface area contributed by atoms with Gasteiger partial charge in [0.15, 0.2) is 5.76 Å². The van der Waals surface area contributed by atoms with Gasteiger partial charge in [-0.1, -0.05) is 71.9 Å². The molecule has 8 heteroatoms. The average Bonchev–Trinajstić information content (AvgIpc) is 3.21. The summed E-state index contributed by atoms with van der Waals surface area (Å²) in [6.45, 7) is 3.78. The number of rotatable bonds is 7. The molecule has 1 N–H and O–H groups in total. The number of carboxylic acids is 1. The minimum absolute atomic E-state index is 0. The molecule has 0 aliphatic rings. The molecular weight excluding hydrogens is 455 g/mol. The van der Waals surface area contributed by atoms with Gasteiger partial charge < -0.3 is 14.4 Å². The van der Waals surface area contributed by atoms with Crippen LogP contribution in [-0.4, -0.2) is 58.5 Å². The first-order valence-electron chi connectivity index (χ1n) is 10.9. The van der Waals surface area contributed by atoms with Gasteiger partial charge in [-0.2, -0.15) is 0 Å². The van der Waals surface area contributed by atoms with Gasteiger partial charge in [0.25, 0.3) is 0 Å². The van der Waals surface area contributed by atoms with Crippen LogP contribution in [0, 0.1) is 6.92 Å². The number of ether oxygens (including phenoxy) is 1. The molecule has 1 aromatic heterocycles. The predicted octanol–water partition coefficient (Wildman–Crippen LogP) is 5.59. The summed E-state index contributed by atoms with van der Waals surface area (Å²) in [4.78, 5) is 25.3. The molecule has 0 unspecified atom stereocenters. The maximum atomic E-state index is 12.9. The number of nitrogens with zero attached hydrogens (tertiary/aromatic N) is 2. The Hall–Kier alpha value is -3.39. The van der Waals surface area contributed by atoms with E-state index in [1.54, 1.807) is 13.8 Å². The summed E-state index contributed by atoms with van der Waals surface area (Å²) >= 11 is 0. The topological polar surface area (TPSA) is 92.9 Å². The van der Waals surface area contributed by atoms with Crippen LogP contribution in [0.3, 0.4) is 0 Å². The molecule has 35 heavy (non-hydrogen) atoms. The number of benzene rings is 3. The average molecular weight is 480 g/mol. The Morgan fingerprint density at radius 2 is 1.49 bits per heavy atom. The Morgan fingerprint density at radius 3 is 2.06 bits per heavy atom. The Labute approximate surface area is 225 Å². The molecule has 0 saturated carbocycles. The third kappa shape index (κ3) is 6.00. The summed E-state index contributed by atoms with van der Waals surface area (Å²) in [5.74, 6) is -0.402. The molecule has 0 aliphatic carbocycles. The van der Waals surface area contributed by atoms with Crippen LogP contribution in [0.4, 0.5) is 16.2 Å². The molecule has 174 valence electrons. The van der Waals surface area contributed by atoms with Crippen LogP contribution < -0.4 is 4.90 Å². The van der Waals surface area contributed by atoms with Crippen molar-refractivity contribution in [3.8, 4) is 22.5 Å². The van der Waals surface area contributed by atoms with Crippen LogP contribution in [0.2, 0.25) is 0 Å². The number of para-hydroxylation sites is 1. The van der Waals surface area contributed by atoms with Gasteiger partial charge in [-0.15, -0.1) is 0 Å². The van der Waals surface area contributed by atoms with Crippen LogP contribution in [-0.2, 0) is 16.0 Å². The van der Waals surface area contributed by atoms with Crippen molar-refractivity contribution in [1.82, 2.24) is 5.16 Å². The minimum atomic E-state index is -0.859. The fourth-order valence-electron chi connectivity index (χ4n) is 3.71. The van der Waals surface area contributed by atoms with E-state index in [0.717, 1.165) is 22.3 Å². The van der Waals surface area contributed by atoms with Gasteiger partial charge in [0, 0.05) is 5.56 Å². The Kier molecular flexibility index (Phi) is 8.87. The fraction of sp³-hybridized carbons (Fsp3) is 0.148. The summed E-state index contributed by atoms with van der Waals surface area (Å²) < 4.78 is 11.0. The first kappa shape index (κ1) is 26.2. The van der Waals surface area contributed by atoms with Crippen molar-refractivity contribution >= 4 is 53.0 Å². The summed E-state index contributed by atoms with van der Waals surface area (Å²) in [6, 6.07) is 24.3. The Morgan fingerprint density at radius 1 is 0.914 bits per heavy atom. The predicted molar refractivity (Wildman–Crippen MR) is 136 cm³/mol. The van der Waals surface area contributed by atoms with Gasteiger partial charge in [0.05, 0.1) is 18.7 Å². The molecule has 0 radical (unpaired) electrons. The quantitative estimate of drug-likeness (QED) is 0.347. The van der Waals surface area contributed by atoms with Crippen molar-refractivity contribution in [2.24, 2.45) is 0 Å². The molecule has 1 heterocycles.